The van der Waals surface area contributed by atoms with Crippen LogP contribution in [0.4, 0.5) is 10.7 Å². The van der Waals surface area contributed by atoms with Crippen LogP contribution < -0.4 is 14.7 Å². The Morgan fingerprint density at radius 3 is 2.55 bits per heavy atom. The minimum atomic E-state index is -1.12. The lowest BCUT2D eigenvalue weighted by Crippen LogP contribution is -2.37. The lowest BCUT2D eigenvalue weighted by atomic mass is 9.72. The largest absolute Gasteiger partial charge is 0.503 e. The molecule has 0 bridgehead atoms. The summed E-state index contributed by atoms with van der Waals surface area (Å²) >= 11 is 4.75. The number of phenolic OH excluding ortho intramolecular Hbond substituents is 1. The second kappa shape index (κ2) is 11.5. The maximum atomic E-state index is 14.5. The molecule has 2 aromatic carbocycles. The Morgan fingerprint density at radius 2 is 1.89 bits per heavy atom. The van der Waals surface area contributed by atoms with Crippen LogP contribution in [-0.4, -0.2) is 42.7 Å². The van der Waals surface area contributed by atoms with Gasteiger partial charge in [0.05, 0.1) is 35.5 Å². The number of carbonyl (C=O) groups excluding carboxylic acids is 3. The zero-order chi connectivity index (χ0) is 31.5. The number of anilines is 2. The zero-order valence-electron chi connectivity index (χ0n) is 25.3. The van der Waals surface area contributed by atoms with E-state index in [1.807, 2.05) is 37.3 Å². The molecule has 232 valence electrons. The molecule has 0 saturated carbocycles. The summed E-state index contributed by atoms with van der Waals surface area (Å²) in [6, 6.07) is 11.9. The summed E-state index contributed by atoms with van der Waals surface area (Å²) in [5.41, 5.74) is 2.51. The van der Waals surface area contributed by atoms with Gasteiger partial charge in [-0.05, 0) is 88.8 Å². The normalized spacial score (nSPS) is 23.1. The van der Waals surface area contributed by atoms with Crippen molar-refractivity contribution >= 4 is 55.7 Å². The maximum Gasteiger partial charge on any atom is 0.341 e. The van der Waals surface area contributed by atoms with Crippen LogP contribution in [0.2, 0.25) is 0 Å². The summed E-state index contributed by atoms with van der Waals surface area (Å²) in [6.07, 6.45) is 1.21. The Hall–Kier alpha value is -3.41. The quantitative estimate of drug-likeness (QED) is 0.229. The Balaban J connectivity index is 1.45. The molecule has 2 aliphatic heterocycles. The average molecular weight is 684 g/mol. The number of hydroxylamine groups is 1. The van der Waals surface area contributed by atoms with Gasteiger partial charge in [-0.2, -0.15) is 0 Å². The van der Waals surface area contributed by atoms with Crippen molar-refractivity contribution < 1.29 is 33.8 Å². The molecule has 2 amide bonds. The number of nitrogens with zero attached hydrogens (tertiary/aromatic N) is 2. The monoisotopic (exact) mass is 682 g/mol. The number of phenols is 1. The highest BCUT2D eigenvalue weighted by molar-refractivity contribution is 9.10. The van der Waals surface area contributed by atoms with Crippen LogP contribution in [-0.2, 0) is 32.0 Å². The number of carbonyl (C=O) groups is 3. The molecular weight excluding hydrogens is 648 g/mol. The van der Waals surface area contributed by atoms with Gasteiger partial charge in [-0.15, -0.1) is 11.3 Å². The highest BCUT2D eigenvalue weighted by atomic mass is 79.9. The summed E-state index contributed by atoms with van der Waals surface area (Å²) in [5, 5.41) is 12.5. The number of para-hydroxylation sites is 1. The van der Waals surface area contributed by atoms with Crippen LogP contribution >= 0.6 is 27.3 Å². The Labute approximate surface area is 268 Å². The molecule has 1 aromatic heterocycles. The van der Waals surface area contributed by atoms with Crippen molar-refractivity contribution in [1.29, 1.82) is 0 Å². The van der Waals surface area contributed by atoms with E-state index >= 15 is 0 Å². The van der Waals surface area contributed by atoms with E-state index in [2.05, 4.69) is 36.7 Å². The molecule has 3 aliphatic rings. The topological polar surface area (TPSA) is 106 Å². The van der Waals surface area contributed by atoms with Gasteiger partial charge in [0.15, 0.2) is 17.6 Å². The minimum absolute atomic E-state index is 0.0618. The van der Waals surface area contributed by atoms with E-state index in [0.717, 1.165) is 28.2 Å². The van der Waals surface area contributed by atoms with E-state index in [4.69, 9.17) is 14.3 Å². The van der Waals surface area contributed by atoms with Crippen molar-refractivity contribution in [3.05, 3.63) is 68.5 Å². The molecule has 11 heteroatoms. The van der Waals surface area contributed by atoms with Crippen LogP contribution in [0.5, 0.6) is 11.5 Å². The fourth-order valence-corrected chi connectivity index (χ4v) is 8.45. The molecule has 0 radical (unpaired) electrons. The first-order chi connectivity index (χ1) is 21.0. The number of halogens is 1. The Morgan fingerprint density at radius 1 is 1.16 bits per heavy atom. The highest BCUT2D eigenvalue weighted by Gasteiger charge is 2.61. The Bertz CT molecular complexity index is 1630. The summed E-state index contributed by atoms with van der Waals surface area (Å²) in [7, 11) is 1.31. The first-order valence-electron chi connectivity index (χ1n) is 14.7. The number of aromatic hydroxyl groups is 1. The van der Waals surface area contributed by atoms with Crippen molar-refractivity contribution in [2.24, 2.45) is 17.3 Å². The van der Waals surface area contributed by atoms with E-state index in [-0.39, 0.29) is 16.9 Å². The van der Waals surface area contributed by atoms with Crippen molar-refractivity contribution in [2.75, 3.05) is 23.7 Å². The van der Waals surface area contributed by atoms with Crippen LogP contribution in [0.3, 0.4) is 0 Å². The average Bonchev–Trinajstić information content (AvgIpc) is 3.64. The number of hydrogen-bond acceptors (Lipinski definition) is 9. The minimum Gasteiger partial charge on any atom is -0.503 e. The van der Waals surface area contributed by atoms with Crippen LogP contribution in [0.15, 0.2) is 46.9 Å². The summed E-state index contributed by atoms with van der Waals surface area (Å²) in [4.78, 5) is 50.3. The number of benzene rings is 2. The molecular formula is C33H35BrN2O7S. The number of methoxy groups -OCH3 is 1. The molecule has 2 fully saturated rings. The predicted octanol–water partition coefficient (Wildman–Crippen LogP) is 6.60. The van der Waals surface area contributed by atoms with E-state index in [1.54, 1.807) is 17.2 Å². The summed E-state index contributed by atoms with van der Waals surface area (Å²) in [5.74, 6) is -1.89. The fourth-order valence-electron chi connectivity index (χ4n) is 6.56. The van der Waals surface area contributed by atoms with E-state index in [0.29, 0.717) is 45.2 Å². The van der Waals surface area contributed by atoms with Gasteiger partial charge in [-0.1, -0.05) is 39.0 Å². The number of esters is 1. The first-order valence-corrected chi connectivity index (χ1v) is 16.3. The Kier molecular flexibility index (Phi) is 8.00. The van der Waals surface area contributed by atoms with Gasteiger partial charge in [0.1, 0.15) is 10.9 Å². The fraction of sp³-hybridized carbons (Fsp3) is 0.424. The second-order valence-electron chi connectivity index (χ2n) is 12.4. The predicted molar refractivity (Wildman–Crippen MR) is 170 cm³/mol. The lowest BCUT2D eigenvalue weighted by Gasteiger charge is -2.33. The summed E-state index contributed by atoms with van der Waals surface area (Å²) in [6.45, 7) is 8.76. The molecule has 4 atom stereocenters. The van der Waals surface area contributed by atoms with E-state index < -0.39 is 35.8 Å². The lowest BCUT2D eigenvalue weighted by molar-refractivity contribution is -0.126. The molecule has 6 rings (SSSR count). The third-order valence-electron chi connectivity index (χ3n) is 8.88. The number of ether oxygens (including phenoxy) is 2. The summed E-state index contributed by atoms with van der Waals surface area (Å²) < 4.78 is 11.3. The molecule has 3 aromatic rings. The number of hydrogen-bond donors (Lipinski definition) is 1. The van der Waals surface area contributed by atoms with Crippen LogP contribution in [0.1, 0.15) is 66.5 Å². The number of amides is 2. The number of rotatable bonds is 6. The smallest absolute Gasteiger partial charge is 0.341 e. The molecule has 3 heterocycles. The molecule has 9 nitrogen and oxygen atoms in total. The van der Waals surface area contributed by atoms with Gasteiger partial charge in [0.25, 0.3) is 5.91 Å². The van der Waals surface area contributed by atoms with Gasteiger partial charge in [-0.3, -0.25) is 14.4 Å². The molecule has 44 heavy (non-hydrogen) atoms. The number of fused-ring (bicyclic) bond motifs is 2. The van der Waals surface area contributed by atoms with Crippen LogP contribution in [0, 0.1) is 17.3 Å². The molecule has 0 unspecified atom stereocenters. The van der Waals surface area contributed by atoms with Crippen molar-refractivity contribution in [3.8, 4) is 11.5 Å². The van der Waals surface area contributed by atoms with Crippen LogP contribution in [0.25, 0.3) is 0 Å². The maximum absolute atomic E-state index is 14.5. The van der Waals surface area contributed by atoms with E-state index in [9.17, 15) is 19.5 Å². The number of thiophene rings is 1. The molecule has 1 N–H and O–H groups in total. The van der Waals surface area contributed by atoms with Gasteiger partial charge in [0.2, 0.25) is 5.91 Å². The SMILES string of the molecule is CCOc1cc([C@@H]2[C@@H]3C(=O)N(c4sc5c(c4C(=O)OC)CC[C@H](C(C)(C)C)C5)C(=O)[C@@H]3ON2c2ccccc2)cc(Br)c1O. The molecule has 1 aliphatic carbocycles. The van der Waals surface area contributed by atoms with Gasteiger partial charge < -0.3 is 14.6 Å². The zero-order valence-corrected chi connectivity index (χ0v) is 27.7. The van der Waals surface area contributed by atoms with Gasteiger partial charge >= 0.3 is 5.97 Å². The van der Waals surface area contributed by atoms with Gasteiger partial charge in [0, 0.05) is 4.88 Å². The molecule has 0 spiro atoms. The van der Waals surface area contributed by atoms with Crippen molar-refractivity contribution in [1.82, 2.24) is 0 Å². The standard InChI is InChI=1S/C33H35BrN2O7S/c1-6-42-22-15-17(14-21(34)27(22)37)26-25-28(43-36(26)19-10-8-7-9-11-19)30(39)35(29(25)38)31-24(32(40)41-5)20-13-12-18(33(2,3)4)16-23(20)44-31/h7-11,14-15,18,25-26,28,37H,6,12-13,16H2,1-5H3/t18-,25-,26+,28+/m0/s1. The number of imide groups is 1. The first kappa shape index (κ1) is 30.6. The van der Waals surface area contributed by atoms with Crippen molar-refractivity contribution in [3.63, 3.8) is 0 Å². The van der Waals surface area contributed by atoms with E-state index in [1.165, 1.54) is 18.4 Å². The highest BCUT2D eigenvalue weighted by Crippen LogP contribution is 2.52. The second-order valence-corrected chi connectivity index (χ2v) is 14.4. The van der Waals surface area contributed by atoms with Gasteiger partial charge in [-0.25, -0.2) is 14.8 Å². The third-order valence-corrected chi connectivity index (χ3v) is 10.7. The third kappa shape index (κ3) is 4.98. The molecule has 2 saturated heterocycles. The van der Waals surface area contributed by atoms with Crippen molar-refractivity contribution in [2.45, 2.75) is 59.1 Å².